The first-order valence-corrected chi connectivity index (χ1v) is 9.42. The summed E-state index contributed by atoms with van der Waals surface area (Å²) in [6.45, 7) is 2.26. The third kappa shape index (κ3) is 3.54. The van der Waals surface area contributed by atoms with Crippen LogP contribution in [0.5, 0.6) is 0 Å². The van der Waals surface area contributed by atoms with Gasteiger partial charge in [0.15, 0.2) is 5.82 Å². The zero-order valence-electron chi connectivity index (χ0n) is 15.7. The Balaban J connectivity index is 1.71. The summed E-state index contributed by atoms with van der Waals surface area (Å²) >= 11 is 0. The molecule has 28 heavy (non-hydrogen) atoms. The summed E-state index contributed by atoms with van der Waals surface area (Å²) in [7, 11) is 0. The molecule has 4 nitrogen and oxygen atoms in total. The Morgan fingerprint density at radius 3 is 2.61 bits per heavy atom. The van der Waals surface area contributed by atoms with Crippen molar-refractivity contribution in [1.29, 1.82) is 0 Å². The third-order valence-corrected chi connectivity index (χ3v) is 5.43. The van der Waals surface area contributed by atoms with Gasteiger partial charge in [-0.3, -0.25) is 4.98 Å². The molecule has 1 fully saturated rings. The summed E-state index contributed by atoms with van der Waals surface area (Å²) in [4.78, 5) is 8.21. The molecular weight excluding hydrogens is 358 g/mol. The largest absolute Gasteiger partial charge is 0.382 e. The number of aromatic nitrogens is 2. The lowest BCUT2D eigenvalue weighted by Gasteiger charge is -2.29. The topological polar surface area (TPSA) is 63.8 Å². The van der Waals surface area contributed by atoms with Crippen LogP contribution in [-0.4, -0.2) is 9.97 Å². The second kappa shape index (κ2) is 7.54. The lowest BCUT2D eigenvalue weighted by atomic mass is 9.79. The van der Waals surface area contributed by atoms with Crippen LogP contribution in [0.15, 0.2) is 42.7 Å². The van der Waals surface area contributed by atoms with Crippen molar-refractivity contribution in [1.82, 2.24) is 9.97 Å². The molecule has 0 atom stereocenters. The first kappa shape index (κ1) is 18.3. The lowest BCUT2D eigenvalue weighted by Crippen LogP contribution is -2.14. The van der Waals surface area contributed by atoms with Gasteiger partial charge < -0.3 is 11.1 Å². The Morgan fingerprint density at radius 2 is 1.93 bits per heavy atom. The van der Waals surface area contributed by atoms with Crippen molar-refractivity contribution in [3.05, 3.63) is 71.1 Å². The molecule has 0 saturated heterocycles. The van der Waals surface area contributed by atoms with E-state index in [1.54, 1.807) is 12.1 Å². The van der Waals surface area contributed by atoms with Crippen LogP contribution in [0.4, 0.5) is 20.3 Å². The summed E-state index contributed by atoms with van der Waals surface area (Å²) in [6, 6.07) is 8.36. The van der Waals surface area contributed by atoms with Crippen molar-refractivity contribution >= 4 is 11.5 Å². The number of hydrogen-bond acceptors (Lipinski definition) is 4. The number of nitrogens with one attached hydrogen (secondary N) is 1. The molecule has 0 unspecified atom stereocenters. The maximum atomic E-state index is 15.5. The smallest absolute Gasteiger partial charge is 0.156 e. The van der Waals surface area contributed by atoms with Crippen LogP contribution in [-0.2, 0) is 6.54 Å². The fraction of sp³-hybridized carbons (Fsp3) is 0.273. The van der Waals surface area contributed by atoms with E-state index < -0.39 is 0 Å². The zero-order chi connectivity index (χ0) is 19.7. The Hall–Kier alpha value is -3.02. The molecule has 1 heterocycles. The van der Waals surface area contributed by atoms with Crippen molar-refractivity contribution in [3.63, 3.8) is 0 Å². The van der Waals surface area contributed by atoms with E-state index in [2.05, 4.69) is 15.3 Å². The molecule has 4 rings (SSSR count). The molecule has 1 aromatic heterocycles. The molecule has 1 aliphatic carbocycles. The maximum Gasteiger partial charge on any atom is 0.156 e. The van der Waals surface area contributed by atoms with E-state index in [9.17, 15) is 4.39 Å². The van der Waals surface area contributed by atoms with E-state index in [1.165, 1.54) is 24.5 Å². The normalized spacial score (nSPS) is 14.0. The molecule has 144 valence electrons. The van der Waals surface area contributed by atoms with Crippen molar-refractivity contribution in [3.8, 4) is 11.3 Å². The van der Waals surface area contributed by atoms with Gasteiger partial charge in [-0.05, 0) is 60.6 Å². The van der Waals surface area contributed by atoms with Gasteiger partial charge in [-0.25, -0.2) is 13.8 Å². The number of hydrogen-bond donors (Lipinski definition) is 2. The summed E-state index contributed by atoms with van der Waals surface area (Å²) in [5, 5.41) is 3.22. The van der Waals surface area contributed by atoms with Gasteiger partial charge in [0.1, 0.15) is 11.6 Å². The average Bonchev–Trinajstić information content (AvgIpc) is 2.63. The number of nitrogen functional groups attached to an aromatic ring is 1. The van der Waals surface area contributed by atoms with Gasteiger partial charge in [0, 0.05) is 12.1 Å². The van der Waals surface area contributed by atoms with Gasteiger partial charge in [0.05, 0.1) is 23.8 Å². The van der Waals surface area contributed by atoms with Gasteiger partial charge >= 0.3 is 0 Å². The highest BCUT2D eigenvalue weighted by atomic mass is 19.1. The highest BCUT2D eigenvalue weighted by molar-refractivity contribution is 5.69. The van der Waals surface area contributed by atoms with E-state index in [1.807, 2.05) is 13.0 Å². The third-order valence-electron chi connectivity index (χ3n) is 5.43. The SMILES string of the molecule is Cc1ccc(F)cc1CNc1c(C2CCC2)ccc(-c2cnc(N)cn2)c1F. The summed E-state index contributed by atoms with van der Waals surface area (Å²) in [6.07, 6.45) is 6.14. The molecule has 3 N–H and O–H groups in total. The van der Waals surface area contributed by atoms with Gasteiger partial charge in [-0.15, -0.1) is 0 Å². The quantitative estimate of drug-likeness (QED) is 0.639. The van der Waals surface area contributed by atoms with Gasteiger partial charge in [-0.2, -0.15) is 0 Å². The Labute approximate surface area is 162 Å². The first-order valence-electron chi connectivity index (χ1n) is 9.42. The van der Waals surface area contributed by atoms with Crippen LogP contribution in [0.3, 0.4) is 0 Å². The van der Waals surface area contributed by atoms with Crippen molar-refractivity contribution in [2.75, 3.05) is 11.1 Å². The van der Waals surface area contributed by atoms with Crippen LogP contribution in [0.1, 0.15) is 41.9 Å². The Kier molecular flexibility index (Phi) is 4.94. The van der Waals surface area contributed by atoms with Crippen LogP contribution < -0.4 is 11.1 Å². The number of rotatable bonds is 5. The van der Waals surface area contributed by atoms with E-state index in [4.69, 9.17) is 5.73 Å². The first-order chi connectivity index (χ1) is 13.5. The molecule has 0 aliphatic heterocycles. The highest BCUT2D eigenvalue weighted by Crippen LogP contribution is 2.42. The molecule has 1 aliphatic rings. The van der Waals surface area contributed by atoms with Gasteiger partial charge in [-0.1, -0.05) is 18.6 Å². The molecule has 6 heteroatoms. The Morgan fingerprint density at radius 1 is 1.11 bits per heavy atom. The number of nitrogens with zero attached hydrogens (tertiary/aromatic N) is 2. The fourth-order valence-electron chi connectivity index (χ4n) is 3.52. The van der Waals surface area contributed by atoms with E-state index in [-0.39, 0.29) is 17.5 Å². The van der Waals surface area contributed by atoms with Gasteiger partial charge in [0.2, 0.25) is 0 Å². The number of benzene rings is 2. The van der Waals surface area contributed by atoms with Crippen molar-refractivity contribution in [2.45, 2.75) is 38.6 Å². The maximum absolute atomic E-state index is 15.5. The fourth-order valence-corrected chi connectivity index (χ4v) is 3.52. The minimum atomic E-state index is -0.363. The molecule has 0 spiro atoms. The molecule has 0 bridgehead atoms. The second-order valence-corrected chi connectivity index (χ2v) is 7.27. The highest BCUT2D eigenvalue weighted by Gasteiger charge is 2.25. The summed E-state index contributed by atoms with van der Waals surface area (Å²) in [5.41, 5.74) is 9.57. The predicted molar refractivity (Wildman–Crippen MR) is 107 cm³/mol. The average molecular weight is 380 g/mol. The number of anilines is 2. The van der Waals surface area contributed by atoms with E-state index >= 15 is 4.39 Å². The summed E-state index contributed by atoms with van der Waals surface area (Å²) in [5.74, 6) is -0.0298. The van der Waals surface area contributed by atoms with Crippen LogP contribution >= 0.6 is 0 Å². The summed E-state index contributed by atoms with van der Waals surface area (Å²) < 4.78 is 29.1. The standard InChI is InChI=1S/C22H22F2N4/c1-13-5-6-16(23)9-15(13)10-28-22-17(14-3-2-4-14)7-8-18(21(22)24)19-11-27-20(25)12-26-19/h5-9,11-12,14,28H,2-4,10H2,1H3,(H2,25,27). The number of halogens is 2. The number of aryl methyl sites for hydroxylation is 1. The zero-order valence-corrected chi connectivity index (χ0v) is 15.7. The number of nitrogens with two attached hydrogens (primary N) is 1. The second-order valence-electron chi connectivity index (χ2n) is 7.27. The molecular formula is C22H22F2N4. The van der Waals surface area contributed by atoms with Crippen molar-refractivity contribution in [2.24, 2.45) is 0 Å². The molecule has 0 radical (unpaired) electrons. The van der Waals surface area contributed by atoms with Crippen LogP contribution in [0.2, 0.25) is 0 Å². The Bertz CT molecular complexity index is 998. The van der Waals surface area contributed by atoms with Crippen molar-refractivity contribution < 1.29 is 8.78 Å². The minimum Gasteiger partial charge on any atom is -0.382 e. The van der Waals surface area contributed by atoms with Gasteiger partial charge in [0.25, 0.3) is 0 Å². The monoisotopic (exact) mass is 380 g/mol. The molecule has 0 amide bonds. The minimum absolute atomic E-state index is 0.287. The van der Waals surface area contributed by atoms with E-state index in [0.717, 1.165) is 36.0 Å². The van der Waals surface area contributed by atoms with E-state index in [0.29, 0.717) is 29.4 Å². The predicted octanol–water partition coefficient (Wildman–Crippen LogP) is 5.19. The van der Waals surface area contributed by atoms with Crippen LogP contribution in [0, 0.1) is 18.6 Å². The molecule has 1 saturated carbocycles. The lowest BCUT2D eigenvalue weighted by molar-refractivity contribution is 0.419. The molecule has 3 aromatic rings. The van der Waals surface area contributed by atoms with Crippen LogP contribution in [0.25, 0.3) is 11.3 Å². The molecule has 2 aromatic carbocycles.